The van der Waals surface area contributed by atoms with Crippen LogP contribution in [0, 0.1) is 11.8 Å². The van der Waals surface area contributed by atoms with Gasteiger partial charge in [-0.2, -0.15) is 0 Å². The van der Waals surface area contributed by atoms with Gasteiger partial charge in [-0.15, -0.1) is 0 Å². The topological polar surface area (TPSA) is 39.4 Å². The van der Waals surface area contributed by atoms with Crippen LogP contribution in [0.3, 0.4) is 0 Å². The van der Waals surface area contributed by atoms with Crippen molar-refractivity contribution in [1.29, 1.82) is 0 Å². The van der Waals surface area contributed by atoms with Gasteiger partial charge < -0.3 is 9.15 Å². The second kappa shape index (κ2) is 4.42. The summed E-state index contributed by atoms with van der Waals surface area (Å²) in [6.07, 6.45) is 3.89. The molecule has 0 radical (unpaired) electrons. The molecule has 0 bridgehead atoms. The first-order valence-corrected chi connectivity index (χ1v) is 5.79. The lowest BCUT2D eigenvalue weighted by molar-refractivity contribution is -0.124. The lowest BCUT2D eigenvalue weighted by Crippen LogP contribution is -2.28. The minimum atomic E-state index is 0.0184. The number of ketones is 1. The Kier molecular flexibility index (Phi) is 3.15. The average Bonchev–Trinajstić information content (AvgIpc) is 2.77. The highest BCUT2D eigenvalue weighted by Gasteiger charge is 2.40. The van der Waals surface area contributed by atoms with Gasteiger partial charge in [0, 0.05) is 12.3 Å². The number of Topliss-reactive ketones (excluding diaryl/α,β-unsaturated/α-hetero) is 1. The number of carbonyl (C=O) groups excluding carboxylic acids is 1. The Labute approximate surface area is 95.8 Å². The third-order valence-corrected chi connectivity index (χ3v) is 3.57. The van der Waals surface area contributed by atoms with Crippen LogP contribution in [0.15, 0.2) is 23.0 Å². The van der Waals surface area contributed by atoms with E-state index in [1.165, 1.54) is 0 Å². The minimum Gasteiger partial charge on any atom is -0.472 e. The molecule has 0 saturated carbocycles. The Morgan fingerprint density at radius 3 is 2.56 bits per heavy atom. The van der Waals surface area contributed by atoms with E-state index in [4.69, 9.17) is 9.15 Å². The van der Waals surface area contributed by atoms with Crippen LogP contribution in [0.4, 0.5) is 0 Å². The highest BCUT2D eigenvalue weighted by atomic mass is 16.5. The molecule has 3 nitrogen and oxygen atoms in total. The smallest absolute Gasteiger partial charge is 0.143 e. The normalized spacial score (nSPS) is 34.2. The van der Waals surface area contributed by atoms with Crippen molar-refractivity contribution in [2.45, 2.75) is 39.4 Å². The fraction of sp³-hybridized carbons (Fsp3) is 0.615. The van der Waals surface area contributed by atoms with Crippen molar-refractivity contribution in [3.05, 3.63) is 24.2 Å². The lowest BCUT2D eigenvalue weighted by Gasteiger charge is -2.16. The Bertz CT molecular complexity index is 355. The predicted octanol–water partition coefficient (Wildman–Crippen LogP) is 2.45. The van der Waals surface area contributed by atoms with Gasteiger partial charge in [-0.1, -0.05) is 6.92 Å². The summed E-state index contributed by atoms with van der Waals surface area (Å²) in [4.78, 5) is 12.2. The van der Waals surface area contributed by atoms with Crippen molar-refractivity contribution in [2.75, 3.05) is 0 Å². The fourth-order valence-electron chi connectivity index (χ4n) is 2.53. The largest absolute Gasteiger partial charge is 0.472 e. The summed E-state index contributed by atoms with van der Waals surface area (Å²) in [5.74, 6) is 0.574. The van der Waals surface area contributed by atoms with Gasteiger partial charge in [0.15, 0.2) is 0 Å². The quantitative estimate of drug-likeness (QED) is 0.788. The number of carbonyl (C=O) groups is 1. The van der Waals surface area contributed by atoms with Crippen LogP contribution in [0.25, 0.3) is 0 Å². The van der Waals surface area contributed by atoms with Crippen LogP contribution in [0.1, 0.15) is 26.3 Å². The van der Waals surface area contributed by atoms with Crippen molar-refractivity contribution < 1.29 is 13.9 Å². The van der Waals surface area contributed by atoms with Gasteiger partial charge in [0.2, 0.25) is 0 Å². The van der Waals surface area contributed by atoms with Gasteiger partial charge in [0.05, 0.1) is 24.7 Å². The van der Waals surface area contributed by atoms with E-state index in [1.807, 2.05) is 19.9 Å². The molecular formula is C13H18O3. The second-order valence-corrected chi connectivity index (χ2v) is 4.71. The SMILES string of the molecule is CC1OC(C)C(C(=O)Cc2ccoc2)C1C. The van der Waals surface area contributed by atoms with E-state index in [1.54, 1.807) is 12.5 Å². The first-order chi connectivity index (χ1) is 7.59. The molecule has 0 spiro atoms. The van der Waals surface area contributed by atoms with Gasteiger partial charge in [0.25, 0.3) is 0 Å². The van der Waals surface area contributed by atoms with Gasteiger partial charge in [-0.05, 0) is 31.4 Å². The molecule has 1 aliphatic heterocycles. The summed E-state index contributed by atoms with van der Waals surface area (Å²) in [6, 6.07) is 1.84. The summed E-state index contributed by atoms with van der Waals surface area (Å²) in [6.45, 7) is 6.11. The van der Waals surface area contributed by atoms with Crippen LogP contribution in [0.5, 0.6) is 0 Å². The molecule has 4 unspecified atom stereocenters. The van der Waals surface area contributed by atoms with E-state index in [-0.39, 0.29) is 23.9 Å². The first kappa shape index (κ1) is 11.4. The molecule has 2 heterocycles. The van der Waals surface area contributed by atoms with E-state index in [0.717, 1.165) is 5.56 Å². The van der Waals surface area contributed by atoms with Crippen molar-refractivity contribution in [1.82, 2.24) is 0 Å². The molecule has 0 N–H and O–H groups in total. The number of hydrogen-bond acceptors (Lipinski definition) is 3. The lowest BCUT2D eigenvalue weighted by atomic mass is 9.84. The molecule has 0 aliphatic carbocycles. The monoisotopic (exact) mass is 222 g/mol. The summed E-state index contributed by atoms with van der Waals surface area (Å²) >= 11 is 0. The van der Waals surface area contributed by atoms with Gasteiger partial charge in [0.1, 0.15) is 5.78 Å². The van der Waals surface area contributed by atoms with Crippen LogP contribution < -0.4 is 0 Å². The molecular weight excluding hydrogens is 204 g/mol. The Morgan fingerprint density at radius 2 is 2.06 bits per heavy atom. The molecule has 1 aromatic rings. The zero-order valence-corrected chi connectivity index (χ0v) is 9.97. The van der Waals surface area contributed by atoms with Crippen molar-refractivity contribution >= 4 is 5.78 Å². The average molecular weight is 222 g/mol. The van der Waals surface area contributed by atoms with Crippen LogP contribution in [-0.4, -0.2) is 18.0 Å². The standard InChI is InChI=1S/C13H18O3/c1-8-9(2)16-10(3)13(8)12(14)6-11-4-5-15-7-11/h4-5,7-10,13H,6H2,1-3H3. The number of furan rings is 1. The van der Waals surface area contributed by atoms with Crippen LogP contribution >= 0.6 is 0 Å². The van der Waals surface area contributed by atoms with Crippen LogP contribution in [0.2, 0.25) is 0 Å². The number of hydrogen-bond donors (Lipinski definition) is 0. The molecule has 3 heteroatoms. The predicted molar refractivity (Wildman–Crippen MR) is 60.1 cm³/mol. The van der Waals surface area contributed by atoms with Crippen LogP contribution in [-0.2, 0) is 16.0 Å². The molecule has 16 heavy (non-hydrogen) atoms. The van der Waals surface area contributed by atoms with Crippen molar-refractivity contribution in [2.24, 2.45) is 11.8 Å². The summed E-state index contributed by atoms with van der Waals surface area (Å²) in [5, 5.41) is 0. The molecule has 1 aliphatic rings. The molecule has 1 fully saturated rings. The highest BCUT2D eigenvalue weighted by Crippen LogP contribution is 2.33. The zero-order valence-electron chi connectivity index (χ0n) is 9.97. The zero-order chi connectivity index (χ0) is 11.7. The van der Waals surface area contributed by atoms with Gasteiger partial charge in [-0.25, -0.2) is 0 Å². The van der Waals surface area contributed by atoms with E-state index in [9.17, 15) is 4.79 Å². The third-order valence-electron chi connectivity index (χ3n) is 3.57. The van der Waals surface area contributed by atoms with Crippen molar-refractivity contribution in [3.8, 4) is 0 Å². The Balaban J connectivity index is 2.04. The number of rotatable bonds is 3. The van der Waals surface area contributed by atoms with E-state index < -0.39 is 0 Å². The third kappa shape index (κ3) is 2.05. The minimum absolute atomic E-state index is 0.0184. The fourth-order valence-corrected chi connectivity index (χ4v) is 2.53. The molecule has 1 saturated heterocycles. The molecule has 0 aromatic carbocycles. The second-order valence-electron chi connectivity index (χ2n) is 4.71. The molecule has 0 amide bonds. The summed E-state index contributed by atoms with van der Waals surface area (Å²) in [7, 11) is 0. The van der Waals surface area contributed by atoms with E-state index >= 15 is 0 Å². The van der Waals surface area contributed by atoms with Crippen molar-refractivity contribution in [3.63, 3.8) is 0 Å². The maximum absolute atomic E-state index is 12.2. The first-order valence-electron chi connectivity index (χ1n) is 5.79. The maximum Gasteiger partial charge on any atom is 0.143 e. The summed E-state index contributed by atoms with van der Waals surface area (Å²) < 4.78 is 10.7. The highest BCUT2D eigenvalue weighted by molar-refractivity contribution is 5.84. The maximum atomic E-state index is 12.2. The van der Waals surface area contributed by atoms with Gasteiger partial charge >= 0.3 is 0 Å². The van der Waals surface area contributed by atoms with E-state index in [2.05, 4.69) is 6.92 Å². The van der Waals surface area contributed by atoms with E-state index in [0.29, 0.717) is 12.3 Å². The Hall–Kier alpha value is -1.09. The molecule has 1 aromatic heterocycles. The summed E-state index contributed by atoms with van der Waals surface area (Å²) in [5.41, 5.74) is 0.948. The number of ether oxygens (including phenoxy) is 1. The Morgan fingerprint density at radius 1 is 1.31 bits per heavy atom. The van der Waals surface area contributed by atoms with Gasteiger partial charge in [-0.3, -0.25) is 4.79 Å². The molecule has 4 atom stereocenters. The molecule has 88 valence electrons. The molecule has 2 rings (SSSR count).